The first-order valence-electron chi connectivity index (χ1n) is 9.00. The van der Waals surface area contributed by atoms with Gasteiger partial charge in [-0.25, -0.2) is 0 Å². The minimum atomic E-state index is -0.514. The summed E-state index contributed by atoms with van der Waals surface area (Å²) in [6, 6.07) is 7.19. The number of nitrogens with one attached hydrogen (secondary N) is 1. The summed E-state index contributed by atoms with van der Waals surface area (Å²) in [4.78, 5) is 27.0. The molecule has 1 N–H and O–H groups in total. The monoisotopic (exact) mass is 346 g/mol. The van der Waals surface area contributed by atoms with Crippen LogP contribution in [0.2, 0.25) is 0 Å². The zero-order valence-corrected chi connectivity index (χ0v) is 16.0. The molecule has 1 aliphatic rings. The van der Waals surface area contributed by atoms with Crippen LogP contribution in [0.25, 0.3) is 0 Å². The molecule has 0 unspecified atom stereocenters. The van der Waals surface area contributed by atoms with Crippen LogP contribution in [0.5, 0.6) is 0 Å². The molecule has 1 atom stereocenters. The number of benzene rings is 1. The van der Waals surface area contributed by atoms with Crippen LogP contribution in [0, 0.1) is 11.3 Å². The fraction of sp³-hybridized carbons (Fsp3) is 0.600. The van der Waals surface area contributed by atoms with Crippen molar-refractivity contribution in [2.45, 2.75) is 47.1 Å². The van der Waals surface area contributed by atoms with E-state index in [2.05, 4.69) is 19.2 Å². The van der Waals surface area contributed by atoms with Crippen LogP contribution < -0.4 is 5.32 Å². The summed E-state index contributed by atoms with van der Waals surface area (Å²) in [5.74, 6) is 0.325. The average molecular weight is 346 g/mol. The normalized spacial score (nSPS) is 17.8. The lowest BCUT2D eigenvalue weighted by Crippen LogP contribution is -2.32. The molecule has 0 spiro atoms. The zero-order chi connectivity index (χ0) is 18.6. The van der Waals surface area contributed by atoms with E-state index in [0.717, 1.165) is 6.42 Å². The fourth-order valence-electron chi connectivity index (χ4n) is 2.64. The topological polar surface area (TPSA) is 58.6 Å². The Morgan fingerprint density at radius 3 is 2.60 bits per heavy atom. The Bertz CT molecular complexity index is 620. The number of hydrogen-bond acceptors (Lipinski definition) is 3. The molecule has 5 nitrogen and oxygen atoms in total. The number of carbonyl (C=O) groups is 2. The summed E-state index contributed by atoms with van der Waals surface area (Å²) >= 11 is 0. The maximum Gasteiger partial charge on any atom is 0.256 e. The van der Waals surface area contributed by atoms with E-state index in [9.17, 15) is 9.59 Å². The van der Waals surface area contributed by atoms with Gasteiger partial charge in [0.15, 0.2) is 0 Å². The Morgan fingerprint density at radius 1 is 1.28 bits per heavy atom. The summed E-state index contributed by atoms with van der Waals surface area (Å²) in [6.07, 6.45) is 0.956. The van der Waals surface area contributed by atoms with Gasteiger partial charge in [0.2, 0.25) is 5.91 Å². The number of hydrogen-bond donors (Lipinski definition) is 1. The molecular formula is C20H30N2O3. The predicted octanol–water partition coefficient (Wildman–Crippen LogP) is 3.56. The number of nitrogens with zero attached hydrogens (tertiary/aromatic N) is 1. The van der Waals surface area contributed by atoms with Crippen molar-refractivity contribution in [1.29, 1.82) is 0 Å². The van der Waals surface area contributed by atoms with Crippen molar-refractivity contribution in [2.75, 3.05) is 25.0 Å². The van der Waals surface area contributed by atoms with E-state index in [0.29, 0.717) is 36.9 Å². The van der Waals surface area contributed by atoms with Crippen molar-refractivity contribution in [3.8, 4) is 0 Å². The molecule has 1 aliphatic heterocycles. The van der Waals surface area contributed by atoms with Crippen molar-refractivity contribution in [3.05, 3.63) is 29.8 Å². The van der Waals surface area contributed by atoms with Gasteiger partial charge < -0.3 is 15.0 Å². The van der Waals surface area contributed by atoms with Crippen LogP contribution in [0.1, 0.15) is 51.4 Å². The first-order chi connectivity index (χ1) is 11.7. The smallest absolute Gasteiger partial charge is 0.256 e. The Balaban J connectivity index is 2.06. The highest BCUT2D eigenvalue weighted by Crippen LogP contribution is 2.24. The Hall–Kier alpha value is -1.88. The molecule has 2 rings (SSSR count). The highest BCUT2D eigenvalue weighted by atomic mass is 16.5. The SMILES string of the molecule is CC(C)CO[C@@H]1CCN(C(=O)c2ccccc2NC(=O)C(C)(C)C)C1. The van der Waals surface area contributed by atoms with Crippen LogP contribution in [0.3, 0.4) is 0 Å². The standard InChI is InChI=1S/C20H30N2O3/c1-14(2)13-25-15-10-11-22(12-15)18(23)16-8-6-7-9-17(16)21-19(24)20(3,4)5/h6-9,14-15H,10-13H2,1-5H3,(H,21,24)/t15-/m1/s1. The Labute approximate surface area is 150 Å². The van der Waals surface area contributed by atoms with Gasteiger partial charge in [-0.05, 0) is 24.5 Å². The molecule has 1 heterocycles. The number of rotatable bonds is 5. The van der Waals surface area contributed by atoms with Crippen molar-refractivity contribution >= 4 is 17.5 Å². The Morgan fingerprint density at radius 2 is 1.96 bits per heavy atom. The minimum absolute atomic E-state index is 0.0551. The summed E-state index contributed by atoms with van der Waals surface area (Å²) in [7, 11) is 0. The van der Waals surface area contributed by atoms with Gasteiger partial charge in [0.1, 0.15) is 0 Å². The van der Waals surface area contributed by atoms with Gasteiger partial charge in [-0.15, -0.1) is 0 Å². The van der Waals surface area contributed by atoms with E-state index in [-0.39, 0.29) is 17.9 Å². The lowest BCUT2D eigenvalue weighted by molar-refractivity contribution is -0.123. The molecule has 1 fully saturated rings. The van der Waals surface area contributed by atoms with Gasteiger partial charge in [-0.3, -0.25) is 9.59 Å². The number of ether oxygens (including phenoxy) is 1. The molecule has 5 heteroatoms. The number of likely N-dealkylation sites (tertiary alicyclic amines) is 1. The maximum absolute atomic E-state index is 12.9. The molecule has 1 saturated heterocycles. The van der Waals surface area contributed by atoms with Gasteiger partial charge in [0.25, 0.3) is 5.91 Å². The van der Waals surface area contributed by atoms with Crippen molar-refractivity contribution in [2.24, 2.45) is 11.3 Å². The number of carbonyl (C=O) groups excluding carboxylic acids is 2. The summed E-state index contributed by atoms with van der Waals surface area (Å²) in [5, 5.41) is 2.89. The molecule has 0 aliphatic carbocycles. The van der Waals surface area contributed by atoms with Gasteiger partial charge in [0.05, 0.1) is 17.4 Å². The molecule has 25 heavy (non-hydrogen) atoms. The number of para-hydroxylation sites is 1. The second-order valence-corrected chi connectivity index (χ2v) is 8.14. The maximum atomic E-state index is 12.9. The molecule has 0 aromatic heterocycles. The summed E-state index contributed by atoms with van der Waals surface area (Å²) < 4.78 is 5.86. The van der Waals surface area contributed by atoms with Gasteiger partial charge >= 0.3 is 0 Å². The first kappa shape index (κ1) is 19.4. The van der Waals surface area contributed by atoms with E-state index in [1.165, 1.54) is 0 Å². The molecule has 0 saturated carbocycles. The third-order valence-electron chi connectivity index (χ3n) is 4.18. The van der Waals surface area contributed by atoms with Crippen LogP contribution in [0.15, 0.2) is 24.3 Å². The first-order valence-corrected chi connectivity index (χ1v) is 9.00. The van der Waals surface area contributed by atoms with E-state index < -0.39 is 5.41 Å². The quantitative estimate of drug-likeness (QED) is 0.887. The lowest BCUT2D eigenvalue weighted by atomic mass is 9.95. The predicted molar refractivity (Wildman–Crippen MR) is 99.6 cm³/mol. The van der Waals surface area contributed by atoms with Crippen LogP contribution in [-0.2, 0) is 9.53 Å². The molecule has 1 aromatic carbocycles. The van der Waals surface area contributed by atoms with Gasteiger partial charge in [-0.1, -0.05) is 46.8 Å². The third kappa shape index (κ3) is 5.30. The molecule has 1 aromatic rings. The second kappa shape index (κ2) is 8.00. The van der Waals surface area contributed by atoms with Gasteiger partial charge in [-0.2, -0.15) is 0 Å². The van der Waals surface area contributed by atoms with E-state index in [1.807, 2.05) is 37.8 Å². The average Bonchev–Trinajstić information content (AvgIpc) is 3.01. The summed E-state index contributed by atoms with van der Waals surface area (Å²) in [6.45, 7) is 11.8. The zero-order valence-electron chi connectivity index (χ0n) is 16.0. The van der Waals surface area contributed by atoms with Crippen molar-refractivity contribution in [1.82, 2.24) is 4.90 Å². The highest BCUT2D eigenvalue weighted by Gasteiger charge is 2.29. The number of amides is 2. The largest absolute Gasteiger partial charge is 0.376 e. The molecule has 2 amide bonds. The van der Waals surface area contributed by atoms with Crippen molar-refractivity contribution in [3.63, 3.8) is 0 Å². The number of anilines is 1. The van der Waals surface area contributed by atoms with Crippen LogP contribution >= 0.6 is 0 Å². The highest BCUT2D eigenvalue weighted by molar-refractivity contribution is 6.04. The Kier molecular flexibility index (Phi) is 6.22. The van der Waals surface area contributed by atoms with E-state index in [4.69, 9.17) is 4.74 Å². The molecule has 0 radical (unpaired) electrons. The van der Waals surface area contributed by atoms with Crippen LogP contribution in [0.4, 0.5) is 5.69 Å². The minimum Gasteiger partial charge on any atom is -0.376 e. The second-order valence-electron chi connectivity index (χ2n) is 8.14. The lowest BCUT2D eigenvalue weighted by Gasteiger charge is -2.21. The van der Waals surface area contributed by atoms with Crippen molar-refractivity contribution < 1.29 is 14.3 Å². The fourth-order valence-corrected chi connectivity index (χ4v) is 2.64. The van der Waals surface area contributed by atoms with Crippen LogP contribution in [-0.4, -0.2) is 42.5 Å². The molecule has 138 valence electrons. The molecule has 0 bridgehead atoms. The molecular weight excluding hydrogens is 316 g/mol. The third-order valence-corrected chi connectivity index (χ3v) is 4.18. The summed E-state index contributed by atoms with van der Waals surface area (Å²) in [5.41, 5.74) is 0.586. The van der Waals surface area contributed by atoms with E-state index >= 15 is 0 Å². The van der Waals surface area contributed by atoms with Gasteiger partial charge in [0, 0.05) is 25.1 Å². The van der Waals surface area contributed by atoms with E-state index in [1.54, 1.807) is 12.1 Å².